The van der Waals surface area contributed by atoms with Crippen molar-refractivity contribution in [1.29, 1.82) is 0 Å². The molecule has 0 bridgehead atoms. The third-order valence-electron chi connectivity index (χ3n) is 2.70. The molecule has 0 aliphatic carbocycles. The van der Waals surface area contributed by atoms with Gasteiger partial charge in [-0.1, -0.05) is 23.2 Å². The molecule has 0 saturated carbocycles. The second-order valence-corrected chi connectivity index (χ2v) is 4.91. The van der Waals surface area contributed by atoms with E-state index in [1.807, 2.05) is 0 Å². The van der Waals surface area contributed by atoms with Crippen molar-refractivity contribution in [2.24, 2.45) is 0 Å². The third kappa shape index (κ3) is 4.16. The van der Waals surface area contributed by atoms with Crippen molar-refractivity contribution in [2.75, 3.05) is 13.1 Å². The monoisotopic (exact) mass is 338 g/mol. The number of carbonyl (C=O) groups excluding carboxylic acids is 2. The fourth-order valence-electron chi connectivity index (χ4n) is 1.65. The topological polar surface area (TPSA) is 84.0 Å². The lowest BCUT2D eigenvalue weighted by Gasteiger charge is -2.08. The van der Waals surface area contributed by atoms with Gasteiger partial charge in [-0.2, -0.15) is 0 Å². The van der Waals surface area contributed by atoms with Gasteiger partial charge in [-0.05, 0) is 24.3 Å². The molecule has 0 radical (unpaired) electrons. The van der Waals surface area contributed by atoms with E-state index in [4.69, 9.17) is 23.2 Å². The van der Waals surface area contributed by atoms with Gasteiger partial charge in [-0.25, -0.2) is 9.97 Å². The molecule has 2 aromatic heterocycles. The first-order valence-corrected chi connectivity index (χ1v) is 7.12. The van der Waals surface area contributed by atoms with Crippen molar-refractivity contribution >= 4 is 35.0 Å². The van der Waals surface area contributed by atoms with E-state index in [9.17, 15) is 9.59 Å². The summed E-state index contributed by atoms with van der Waals surface area (Å²) in [6, 6.07) is 6.37. The third-order valence-corrected chi connectivity index (χ3v) is 3.31. The van der Waals surface area contributed by atoms with Gasteiger partial charge in [0.25, 0.3) is 11.8 Å². The first-order chi connectivity index (χ1) is 10.6. The van der Waals surface area contributed by atoms with E-state index in [-0.39, 0.29) is 46.3 Å². The molecular weight excluding hydrogens is 327 g/mol. The molecule has 0 aliphatic rings. The van der Waals surface area contributed by atoms with Crippen LogP contribution in [0.2, 0.25) is 10.3 Å². The number of aromatic nitrogens is 2. The molecule has 6 nitrogen and oxygen atoms in total. The Balaban J connectivity index is 1.80. The Hall–Kier alpha value is -2.18. The lowest BCUT2D eigenvalue weighted by atomic mass is 10.2. The maximum atomic E-state index is 11.9. The Morgan fingerprint density at radius 2 is 1.27 bits per heavy atom. The summed E-state index contributed by atoms with van der Waals surface area (Å²) in [5.74, 6) is -0.710. The van der Waals surface area contributed by atoms with Crippen molar-refractivity contribution in [1.82, 2.24) is 20.6 Å². The zero-order chi connectivity index (χ0) is 15.9. The van der Waals surface area contributed by atoms with E-state index in [0.717, 1.165) is 0 Å². The van der Waals surface area contributed by atoms with Crippen LogP contribution >= 0.6 is 23.2 Å². The summed E-state index contributed by atoms with van der Waals surface area (Å²) >= 11 is 11.6. The van der Waals surface area contributed by atoms with Gasteiger partial charge in [-0.15, -0.1) is 0 Å². The van der Waals surface area contributed by atoms with Crippen molar-refractivity contribution in [3.63, 3.8) is 0 Å². The normalized spacial score (nSPS) is 10.1. The van der Waals surface area contributed by atoms with Crippen LogP contribution in [0.4, 0.5) is 0 Å². The van der Waals surface area contributed by atoms with Gasteiger partial charge in [0, 0.05) is 25.5 Å². The Labute approximate surface area is 136 Å². The molecule has 2 aromatic rings. The summed E-state index contributed by atoms with van der Waals surface area (Å²) in [5, 5.41) is 5.53. The first-order valence-electron chi connectivity index (χ1n) is 6.37. The highest BCUT2D eigenvalue weighted by Gasteiger charge is 2.11. The second kappa shape index (κ2) is 7.72. The summed E-state index contributed by atoms with van der Waals surface area (Å²) in [5.41, 5.74) is 0.566. The minimum absolute atomic E-state index is 0.131. The minimum Gasteiger partial charge on any atom is -0.350 e. The lowest BCUT2D eigenvalue weighted by Crippen LogP contribution is -2.35. The van der Waals surface area contributed by atoms with Gasteiger partial charge in [0.2, 0.25) is 0 Å². The van der Waals surface area contributed by atoms with Crippen LogP contribution in [-0.4, -0.2) is 34.9 Å². The van der Waals surface area contributed by atoms with Gasteiger partial charge in [0.05, 0.1) is 11.1 Å². The molecular formula is C14H12Cl2N4O2. The van der Waals surface area contributed by atoms with Gasteiger partial charge in [0.1, 0.15) is 10.3 Å². The van der Waals surface area contributed by atoms with Gasteiger partial charge < -0.3 is 10.6 Å². The van der Waals surface area contributed by atoms with Crippen molar-refractivity contribution in [3.8, 4) is 0 Å². The Bertz CT molecular complexity index is 635. The molecule has 0 atom stereocenters. The van der Waals surface area contributed by atoms with Gasteiger partial charge >= 0.3 is 0 Å². The fourth-order valence-corrected chi connectivity index (χ4v) is 2.06. The van der Waals surface area contributed by atoms with Crippen LogP contribution in [0.25, 0.3) is 0 Å². The molecule has 0 aliphatic heterocycles. The number of nitrogens with one attached hydrogen (secondary N) is 2. The van der Waals surface area contributed by atoms with E-state index >= 15 is 0 Å². The largest absolute Gasteiger partial charge is 0.350 e. The maximum Gasteiger partial charge on any atom is 0.254 e. The standard InChI is InChI=1S/C14H12Cl2N4O2/c15-11-9(3-1-5-17-11)13(21)19-7-8-20-14(22)10-4-2-6-18-12(10)16/h1-6H,7-8H2,(H,19,21)(H,20,22). The summed E-state index contributed by atoms with van der Waals surface area (Å²) in [6.07, 6.45) is 2.99. The second-order valence-electron chi connectivity index (χ2n) is 4.20. The molecule has 22 heavy (non-hydrogen) atoms. The van der Waals surface area contributed by atoms with Gasteiger partial charge in [-0.3, -0.25) is 9.59 Å². The van der Waals surface area contributed by atoms with Crippen molar-refractivity contribution < 1.29 is 9.59 Å². The highest BCUT2D eigenvalue weighted by Crippen LogP contribution is 2.11. The van der Waals surface area contributed by atoms with Crippen LogP contribution < -0.4 is 10.6 Å². The van der Waals surface area contributed by atoms with E-state index < -0.39 is 0 Å². The average Bonchev–Trinajstić information content (AvgIpc) is 2.52. The quantitative estimate of drug-likeness (QED) is 0.644. The number of halogens is 2. The summed E-state index contributed by atoms with van der Waals surface area (Å²) in [7, 11) is 0. The number of hydrogen-bond donors (Lipinski definition) is 2. The van der Waals surface area contributed by atoms with E-state index in [0.29, 0.717) is 0 Å². The number of pyridine rings is 2. The average molecular weight is 339 g/mol. The number of nitrogens with zero attached hydrogens (tertiary/aromatic N) is 2. The van der Waals surface area contributed by atoms with Crippen LogP contribution in [0.5, 0.6) is 0 Å². The Kier molecular flexibility index (Phi) is 5.68. The molecule has 2 amide bonds. The van der Waals surface area contributed by atoms with E-state index in [1.54, 1.807) is 24.3 Å². The summed E-state index contributed by atoms with van der Waals surface area (Å²) in [6.45, 7) is 0.487. The highest BCUT2D eigenvalue weighted by atomic mass is 35.5. The SMILES string of the molecule is O=C(NCCNC(=O)c1cccnc1Cl)c1cccnc1Cl. The zero-order valence-electron chi connectivity index (χ0n) is 11.3. The predicted molar refractivity (Wildman–Crippen MR) is 83.2 cm³/mol. The molecule has 0 spiro atoms. The van der Waals surface area contributed by atoms with Crippen LogP contribution in [0.15, 0.2) is 36.7 Å². The fraction of sp³-hybridized carbons (Fsp3) is 0.143. The lowest BCUT2D eigenvalue weighted by molar-refractivity contribution is 0.0927. The van der Waals surface area contributed by atoms with Crippen LogP contribution in [0, 0.1) is 0 Å². The molecule has 2 N–H and O–H groups in total. The van der Waals surface area contributed by atoms with Crippen LogP contribution in [-0.2, 0) is 0 Å². The first kappa shape index (κ1) is 16.2. The van der Waals surface area contributed by atoms with E-state index in [2.05, 4.69) is 20.6 Å². The van der Waals surface area contributed by atoms with Crippen LogP contribution in [0.1, 0.15) is 20.7 Å². The minimum atomic E-state index is -0.355. The predicted octanol–water partition coefficient (Wildman–Crippen LogP) is 1.94. The molecule has 114 valence electrons. The molecule has 2 rings (SSSR count). The molecule has 0 saturated heterocycles. The Morgan fingerprint density at radius 3 is 1.64 bits per heavy atom. The smallest absolute Gasteiger partial charge is 0.254 e. The number of rotatable bonds is 5. The summed E-state index contributed by atoms with van der Waals surface area (Å²) < 4.78 is 0. The van der Waals surface area contributed by atoms with Crippen molar-refractivity contribution in [3.05, 3.63) is 58.1 Å². The van der Waals surface area contributed by atoms with Crippen LogP contribution in [0.3, 0.4) is 0 Å². The van der Waals surface area contributed by atoms with E-state index in [1.165, 1.54) is 12.4 Å². The molecule has 0 fully saturated rings. The molecule has 0 unspecified atom stereocenters. The summed E-state index contributed by atoms with van der Waals surface area (Å²) in [4.78, 5) is 31.3. The number of carbonyl (C=O) groups is 2. The zero-order valence-corrected chi connectivity index (χ0v) is 12.9. The molecule has 2 heterocycles. The maximum absolute atomic E-state index is 11.9. The Morgan fingerprint density at radius 1 is 0.864 bits per heavy atom. The molecule has 8 heteroatoms. The van der Waals surface area contributed by atoms with Gasteiger partial charge in [0.15, 0.2) is 0 Å². The number of amides is 2. The highest BCUT2D eigenvalue weighted by molar-refractivity contribution is 6.33. The van der Waals surface area contributed by atoms with Crippen molar-refractivity contribution in [2.45, 2.75) is 0 Å². The molecule has 0 aromatic carbocycles. The number of hydrogen-bond acceptors (Lipinski definition) is 4.